The van der Waals surface area contributed by atoms with Crippen molar-refractivity contribution in [1.29, 1.82) is 0 Å². The minimum atomic E-state index is -0.675. The Bertz CT molecular complexity index is 597. The average molecular weight is 297 g/mol. The van der Waals surface area contributed by atoms with Crippen molar-refractivity contribution in [2.75, 3.05) is 0 Å². The Morgan fingerprint density at radius 3 is 2.53 bits per heavy atom. The van der Waals surface area contributed by atoms with Crippen molar-refractivity contribution >= 4 is 29.2 Å². The monoisotopic (exact) mass is 296 g/mol. The Labute approximate surface area is 120 Å². The summed E-state index contributed by atoms with van der Waals surface area (Å²) in [5.74, 6) is -1.00. The van der Waals surface area contributed by atoms with Gasteiger partial charge < -0.3 is 9.84 Å². The maximum absolute atomic E-state index is 11.8. The number of benzene rings is 2. The predicted octanol–water partition coefficient (Wildman–Crippen LogP) is 4.06. The molecule has 0 saturated heterocycles. The topological polar surface area (TPSA) is 46.5 Å². The lowest BCUT2D eigenvalue weighted by atomic mass is 10.2. The van der Waals surface area contributed by atoms with Crippen LogP contribution in [0.4, 0.5) is 0 Å². The second kappa shape index (κ2) is 5.95. The molecule has 0 amide bonds. The molecule has 19 heavy (non-hydrogen) atoms. The summed E-state index contributed by atoms with van der Waals surface area (Å²) < 4.78 is 5.09. The van der Waals surface area contributed by atoms with Gasteiger partial charge in [-0.25, -0.2) is 4.79 Å². The van der Waals surface area contributed by atoms with Crippen LogP contribution in [0.2, 0.25) is 10.0 Å². The Morgan fingerprint density at radius 1 is 1.16 bits per heavy atom. The molecule has 2 aromatic rings. The molecule has 0 fully saturated rings. The van der Waals surface area contributed by atoms with Crippen LogP contribution in [0.25, 0.3) is 0 Å². The van der Waals surface area contributed by atoms with E-state index in [1.54, 1.807) is 0 Å². The average Bonchev–Trinajstić information content (AvgIpc) is 2.41. The van der Waals surface area contributed by atoms with Crippen LogP contribution in [0.1, 0.15) is 15.9 Å². The summed E-state index contributed by atoms with van der Waals surface area (Å²) in [4.78, 5) is 11.8. The van der Waals surface area contributed by atoms with Gasteiger partial charge in [0, 0.05) is 5.02 Å². The van der Waals surface area contributed by atoms with Crippen molar-refractivity contribution in [3.05, 3.63) is 63.6 Å². The minimum absolute atomic E-state index is 0.0131. The third kappa shape index (κ3) is 3.40. The van der Waals surface area contributed by atoms with E-state index < -0.39 is 5.97 Å². The number of halogens is 2. The molecule has 0 spiro atoms. The van der Waals surface area contributed by atoms with E-state index in [9.17, 15) is 9.90 Å². The maximum atomic E-state index is 11.8. The number of hydrogen-bond donors (Lipinski definition) is 1. The quantitative estimate of drug-likeness (QED) is 0.869. The summed E-state index contributed by atoms with van der Waals surface area (Å²) >= 11 is 11.5. The zero-order valence-electron chi connectivity index (χ0n) is 9.77. The number of hydrogen-bond acceptors (Lipinski definition) is 3. The van der Waals surface area contributed by atoms with Crippen LogP contribution < -0.4 is 0 Å². The van der Waals surface area contributed by atoms with Gasteiger partial charge in [0.2, 0.25) is 0 Å². The molecule has 0 aliphatic heterocycles. The standard InChI is InChI=1S/C14H10Cl2O3/c15-10-6-11(13(17)12(16)7-10)14(18)19-8-9-4-2-1-3-5-9/h1-7,17H,8H2. The fourth-order valence-electron chi connectivity index (χ4n) is 1.52. The molecule has 0 aromatic heterocycles. The molecule has 0 unspecified atom stereocenters. The third-order valence-electron chi connectivity index (χ3n) is 2.46. The van der Waals surface area contributed by atoms with Gasteiger partial charge in [0.25, 0.3) is 0 Å². The van der Waals surface area contributed by atoms with Crippen LogP contribution in [-0.4, -0.2) is 11.1 Å². The van der Waals surface area contributed by atoms with Gasteiger partial charge in [0.05, 0.1) is 5.02 Å². The van der Waals surface area contributed by atoms with Crippen molar-refractivity contribution in [2.45, 2.75) is 6.61 Å². The lowest BCUT2D eigenvalue weighted by Crippen LogP contribution is -2.05. The lowest BCUT2D eigenvalue weighted by Gasteiger charge is -2.08. The molecule has 0 radical (unpaired) electrons. The summed E-state index contributed by atoms with van der Waals surface area (Å²) in [6.45, 7) is 0.114. The number of phenolic OH excluding ortho intramolecular Hbond substituents is 1. The first-order valence-corrected chi connectivity index (χ1v) is 6.22. The number of esters is 1. The van der Waals surface area contributed by atoms with Gasteiger partial charge in [0.1, 0.15) is 17.9 Å². The Kier molecular flexibility index (Phi) is 4.30. The molecule has 0 aliphatic carbocycles. The maximum Gasteiger partial charge on any atom is 0.342 e. The molecule has 0 aliphatic rings. The molecular weight excluding hydrogens is 287 g/mol. The Balaban J connectivity index is 2.13. The van der Waals surface area contributed by atoms with E-state index in [0.29, 0.717) is 0 Å². The number of ether oxygens (including phenoxy) is 1. The summed E-state index contributed by atoms with van der Waals surface area (Å²) in [6, 6.07) is 11.9. The highest BCUT2D eigenvalue weighted by molar-refractivity contribution is 6.36. The van der Waals surface area contributed by atoms with E-state index in [1.807, 2.05) is 30.3 Å². The first-order valence-electron chi connectivity index (χ1n) is 5.47. The summed E-state index contributed by atoms with van der Waals surface area (Å²) in [7, 11) is 0. The molecule has 5 heteroatoms. The third-order valence-corrected chi connectivity index (χ3v) is 2.97. The van der Waals surface area contributed by atoms with Gasteiger partial charge in [-0.3, -0.25) is 0 Å². The highest BCUT2D eigenvalue weighted by Gasteiger charge is 2.16. The smallest absolute Gasteiger partial charge is 0.342 e. The molecule has 0 bridgehead atoms. The van der Waals surface area contributed by atoms with E-state index in [1.165, 1.54) is 12.1 Å². The van der Waals surface area contributed by atoms with E-state index in [4.69, 9.17) is 27.9 Å². The summed E-state index contributed by atoms with van der Waals surface area (Å²) in [5.41, 5.74) is 0.803. The fraction of sp³-hybridized carbons (Fsp3) is 0.0714. The number of aromatic hydroxyl groups is 1. The SMILES string of the molecule is O=C(OCc1ccccc1)c1cc(Cl)cc(Cl)c1O. The second-order valence-electron chi connectivity index (χ2n) is 3.85. The number of rotatable bonds is 3. The van der Waals surface area contributed by atoms with Gasteiger partial charge in [0.15, 0.2) is 0 Å². The molecule has 2 rings (SSSR count). The van der Waals surface area contributed by atoms with Crippen LogP contribution in [0.5, 0.6) is 5.75 Å². The van der Waals surface area contributed by atoms with Crippen LogP contribution in [0.15, 0.2) is 42.5 Å². The summed E-state index contributed by atoms with van der Waals surface area (Å²) in [5, 5.41) is 9.97. The van der Waals surface area contributed by atoms with Gasteiger partial charge >= 0.3 is 5.97 Å². The minimum Gasteiger partial charge on any atom is -0.505 e. The highest BCUT2D eigenvalue weighted by Crippen LogP contribution is 2.31. The van der Waals surface area contributed by atoms with Crippen LogP contribution in [0.3, 0.4) is 0 Å². The molecule has 1 N–H and O–H groups in total. The van der Waals surface area contributed by atoms with Crippen LogP contribution >= 0.6 is 23.2 Å². The van der Waals surface area contributed by atoms with E-state index in [-0.39, 0.29) is 28.0 Å². The van der Waals surface area contributed by atoms with Crippen molar-refractivity contribution in [1.82, 2.24) is 0 Å². The first kappa shape index (κ1) is 13.7. The Morgan fingerprint density at radius 2 is 1.84 bits per heavy atom. The molecule has 0 heterocycles. The predicted molar refractivity (Wildman–Crippen MR) is 73.7 cm³/mol. The van der Waals surface area contributed by atoms with Crippen molar-refractivity contribution in [3.8, 4) is 5.75 Å². The zero-order valence-corrected chi connectivity index (χ0v) is 11.3. The number of phenols is 1. The van der Waals surface area contributed by atoms with Crippen molar-refractivity contribution in [2.24, 2.45) is 0 Å². The normalized spacial score (nSPS) is 10.2. The molecule has 98 valence electrons. The first-order chi connectivity index (χ1) is 9.08. The van der Waals surface area contributed by atoms with Gasteiger partial charge in [-0.05, 0) is 17.7 Å². The summed E-state index contributed by atoms with van der Waals surface area (Å²) in [6.07, 6.45) is 0. The lowest BCUT2D eigenvalue weighted by molar-refractivity contribution is 0.0469. The van der Waals surface area contributed by atoms with E-state index >= 15 is 0 Å². The molecule has 0 saturated carbocycles. The van der Waals surface area contributed by atoms with E-state index in [0.717, 1.165) is 5.56 Å². The van der Waals surface area contributed by atoms with Gasteiger partial charge in [-0.15, -0.1) is 0 Å². The van der Waals surface area contributed by atoms with Gasteiger partial charge in [-0.1, -0.05) is 53.5 Å². The van der Waals surface area contributed by atoms with Crippen LogP contribution in [0, 0.1) is 0 Å². The number of carbonyl (C=O) groups is 1. The molecule has 3 nitrogen and oxygen atoms in total. The van der Waals surface area contributed by atoms with Crippen molar-refractivity contribution < 1.29 is 14.6 Å². The highest BCUT2D eigenvalue weighted by atomic mass is 35.5. The van der Waals surface area contributed by atoms with Crippen LogP contribution in [-0.2, 0) is 11.3 Å². The van der Waals surface area contributed by atoms with Gasteiger partial charge in [-0.2, -0.15) is 0 Å². The van der Waals surface area contributed by atoms with E-state index in [2.05, 4.69) is 0 Å². The fourth-order valence-corrected chi connectivity index (χ4v) is 2.02. The largest absolute Gasteiger partial charge is 0.505 e. The van der Waals surface area contributed by atoms with Crippen molar-refractivity contribution in [3.63, 3.8) is 0 Å². The molecule has 2 aromatic carbocycles. The molecular formula is C14H10Cl2O3. The zero-order chi connectivity index (χ0) is 13.8. The Hall–Kier alpha value is -1.71. The number of carbonyl (C=O) groups excluding carboxylic acids is 1. The second-order valence-corrected chi connectivity index (χ2v) is 4.69. The molecule has 0 atom stereocenters.